The maximum atomic E-state index is 11.2. The number of nitrogens with one attached hydrogen (secondary N) is 1. The van der Waals surface area contributed by atoms with Crippen molar-refractivity contribution in [1.82, 2.24) is 4.57 Å². The topological polar surface area (TPSA) is 69.3 Å². The Hall–Kier alpha value is -2.43. The highest BCUT2D eigenvalue weighted by atomic mass is 16.5. The van der Waals surface area contributed by atoms with Crippen LogP contribution >= 0.6 is 0 Å². The molecule has 0 aliphatic carbocycles. The number of amides is 1. The predicted molar refractivity (Wildman–Crippen MR) is 78.9 cm³/mol. The van der Waals surface area contributed by atoms with Gasteiger partial charge in [-0.05, 0) is 37.3 Å². The molecule has 20 heavy (non-hydrogen) atoms. The molecule has 2 rings (SSSR count). The standard InChI is InChI=1S/C15H19N3O2/c1-3-18-8-4-5-12(18)10-17-13-9-11(15(16)19)6-7-14(13)20-2/h4-9,17H,3,10H2,1-2H3,(H2,16,19). The minimum Gasteiger partial charge on any atom is -0.495 e. The summed E-state index contributed by atoms with van der Waals surface area (Å²) in [5.74, 6) is 0.234. The zero-order valence-corrected chi connectivity index (χ0v) is 11.7. The van der Waals surface area contributed by atoms with E-state index in [0.717, 1.165) is 12.2 Å². The van der Waals surface area contributed by atoms with Crippen molar-refractivity contribution in [2.45, 2.75) is 20.0 Å². The number of carbonyl (C=O) groups is 1. The van der Waals surface area contributed by atoms with E-state index in [0.29, 0.717) is 17.9 Å². The third kappa shape index (κ3) is 2.93. The van der Waals surface area contributed by atoms with Gasteiger partial charge in [0.05, 0.1) is 19.3 Å². The van der Waals surface area contributed by atoms with Crippen molar-refractivity contribution >= 4 is 11.6 Å². The van der Waals surface area contributed by atoms with Crippen LogP contribution in [0, 0.1) is 0 Å². The van der Waals surface area contributed by atoms with Gasteiger partial charge in [-0.2, -0.15) is 0 Å². The number of anilines is 1. The molecule has 1 aromatic heterocycles. The number of methoxy groups -OCH3 is 1. The molecule has 0 radical (unpaired) electrons. The van der Waals surface area contributed by atoms with Crippen molar-refractivity contribution < 1.29 is 9.53 Å². The van der Waals surface area contributed by atoms with Crippen LogP contribution in [0.4, 0.5) is 5.69 Å². The van der Waals surface area contributed by atoms with E-state index in [1.807, 2.05) is 12.3 Å². The maximum absolute atomic E-state index is 11.2. The second kappa shape index (κ2) is 6.14. The number of ether oxygens (including phenoxy) is 1. The van der Waals surface area contributed by atoms with E-state index in [4.69, 9.17) is 10.5 Å². The molecular weight excluding hydrogens is 254 g/mol. The van der Waals surface area contributed by atoms with Gasteiger partial charge in [-0.3, -0.25) is 4.79 Å². The van der Waals surface area contributed by atoms with E-state index in [-0.39, 0.29) is 0 Å². The van der Waals surface area contributed by atoms with Gasteiger partial charge in [0.1, 0.15) is 5.75 Å². The van der Waals surface area contributed by atoms with Crippen LogP contribution in [0.15, 0.2) is 36.5 Å². The maximum Gasteiger partial charge on any atom is 0.248 e. The molecule has 1 amide bonds. The van der Waals surface area contributed by atoms with Crippen molar-refractivity contribution in [2.24, 2.45) is 5.73 Å². The first-order valence-corrected chi connectivity index (χ1v) is 6.51. The van der Waals surface area contributed by atoms with Crippen molar-refractivity contribution in [3.05, 3.63) is 47.8 Å². The normalized spacial score (nSPS) is 10.3. The quantitative estimate of drug-likeness (QED) is 0.848. The summed E-state index contributed by atoms with van der Waals surface area (Å²) >= 11 is 0. The summed E-state index contributed by atoms with van der Waals surface area (Å²) in [5.41, 5.74) is 7.68. The molecule has 1 heterocycles. The fraction of sp³-hybridized carbons (Fsp3) is 0.267. The van der Waals surface area contributed by atoms with Gasteiger partial charge in [0.2, 0.25) is 5.91 Å². The molecule has 3 N–H and O–H groups in total. The van der Waals surface area contributed by atoms with Crippen molar-refractivity contribution in [2.75, 3.05) is 12.4 Å². The van der Waals surface area contributed by atoms with Gasteiger partial charge in [0.25, 0.3) is 0 Å². The molecule has 0 aliphatic rings. The molecule has 0 fully saturated rings. The zero-order chi connectivity index (χ0) is 14.5. The summed E-state index contributed by atoms with van der Waals surface area (Å²) in [6, 6.07) is 9.17. The van der Waals surface area contributed by atoms with Gasteiger partial charge < -0.3 is 20.4 Å². The van der Waals surface area contributed by atoms with Gasteiger partial charge >= 0.3 is 0 Å². The Kier molecular flexibility index (Phi) is 4.30. The largest absolute Gasteiger partial charge is 0.495 e. The average molecular weight is 273 g/mol. The first-order chi connectivity index (χ1) is 9.65. The van der Waals surface area contributed by atoms with Gasteiger partial charge in [0.15, 0.2) is 0 Å². The average Bonchev–Trinajstić information content (AvgIpc) is 2.92. The van der Waals surface area contributed by atoms with E-state index in [1.54, 1.807) is 25.3 Å². The van der Waals surface area contributed by atoms with Gasteiger partial charge in [-0.1, -0.05) is 0 Å². The van der Waals surface area contributed by atoms with E-state index in [9.17, 15) is 4.79 Å². The number of rotatable bonds is 6. The lowest BCUT2D eigenvalue weighted by Gasteiger charge is -2.13. The van der Waals surface area contributed by atoms with Crippen LogP contribution < -0.4 is 15.8 Å². The fourth-order valence-electron chi connectivity index (χ4n) is 2.10. The van der Waals surface area contributed by atoms with Gasteiger partial charge in [0, 0.05) is 24.0 Å². The smallest absolute Gasteiger partial charge is 0.248 e. The summed E-state index contributed by atoms with van der Waals surface area (Å²) in [6.07, 6.45) is 2.04. The van der Waals surface area contributed by atoms with Gasteiger partial charge in [-0.25, -0.2) is 0 Å². The molecule has 0 unspecified atom stereocenters. The minimum atomic E-state index is -0.451. The second-order valence-corrected chi connectivity index (χ2v) is 4.42. The first kappa shape index (κ1) is 14.0. The molecule has 1 aromatic carbocycles. The third-order valence-corrected chi connectivity index (χ3v) is 3.21. The van der Waals surface area contributed by atoms with Crippen molar-refractivity contribution in [3.63, 3.8) is 0 Å². The Morgan fingerprint density at radius 2 is 2.20 bits per heavy atom. The van der Waals surface area contributed by atoms with Crippen LogP contribution in [0.5, 0.6) is 5.75 Å². The zero-order valence-electron chi connectivity index (χ0n) is 11.7. The number of nitrogens with zero attached hydrogens (tertiary/aromatic N) is 1. The highest BCUT2D eigenvalue weighted by Gasteiger charge is 2.08. The first-order valence-electron chi connectivity index (χ1n) is 6.51. The third-order valence-electron chi connectivity index (χ3n) is 3.21. The summed E-state index contributed by atoms with van der Waals surface area (Å²) in [5, 5.41) is 3.28. The van der Waals surface area contributed by atoms with E-state index in [1.165, 1.54) is 5.69 Å². The van der Waals surface area contributed by atoms with Crippen LogP contribution in [0.25, 0.3) is 0 Å². The van der Waals surface area contributed by atoms with Crippen LogP contribution in [0.1, 0.15) is 23.0 Å². The highest BCUT2D eigenvalue weighted by Crippen LogP contribution is 2.26. The number of primary amides is 1. The summed E-state index contributed by atoms with van der Waals surface area (Å²) in [4.78, 5) is 11.2. The molecule has 2 aromatic rings. The Morgan fingerprint density at radius 3 is 2.85 bits per heavy atom. The summed E-state index contributed by atoms with van der Waals surface area (Å²) < 4.78 is 7.44. The van der Waals surface area contributed by atoms with Crippen molar-refractivity contribution in [1.29, 1.82) is 0 Å². The molecule has 0 saturated carbocycles. The Morgan fingerprint density at radius 1 is 1.40 bits per heavy atom. The molecular formula is C15H19N3O2. The van der Waals surface area contributed by atoms with Crippen LogP contribution in [-0.2, 0) is 13.1 Å². The van der Waals surface area contributed by atoms with E-state index >= 15 is 0 Å². The van der Waals surface area contributed by atoms with Crippen LogP contribution in [0.3, 0.4) is 0 Å². The predicted octanol–water partition coefficient (Wildman–Crippen LogP) is 2.23. The summed E-state index contributed by atoms with van der Waals surface area (Å²) in [6.45, 7) is 3.67. The molecule has 106 valence electrons. The lowest BCUT2D eigenvalue weighted by molar-refractivity contribution is 0.100. The molecule has 0 saturated heterocycles. The monoisotopic (exact) mass is 273 g/mol. The number of hydrogen-bond acceptors (Lipinski definition) is 3. The number of carbonyl (C=O) groups excluding carboxylic acids is 1. The SMILES string of the molecule is CCn1cccc1CNc1cc(C(N)=O)ccc1OC. The molecule has 0 atom stereocenters. The highest BCUT2D eigenvalue weighted by molar-refractivity contribution is 5.94. The van der Waals surface area contributed by atoms with Crippen molar-refractivity contribution in [3.8, 4) is 5.75 Å². The number of aryl methyl sites for hydroxylation is 1. The molecule has 0 bridgehead atoms. The molecule has 0 spiro atoms. The number of benzene rings is 1. The lowest BCUT2D eigenvalue weighted by Crippen LogP contribution is -2.12. The van der Waals surface area contributed by atoms with E-state index in [2.05, 4.69) is 22.9 Å². The Bertz CT molecular complexity index is 605. The minimum absolute atomic E-state index is 0.451. The van der Waals surface area contributed by atoms with Crippen LogP contribution in [0.2, 0.25) is 0 Å². The Labute approximate surface area is 118 Å². The molecule has 5 nitrogen and oxygen atoms in total. The number of hydrogen-bond donors (Lipinski definition) is 2. The van der Waals surface area contributed by atoms with E-state index < -0.39 is 5.91 Å². The van der Waals surface area contributed by atoms with Crippen LogP contribution in [-0.4, -0.2) is 17.6 Å². The molecule has 5 heteroatoms. The second-order valence-electron chi connectivity index (χ2n) is 4.42. The summed E-state index contributed by atoms with van der Waals surface area (Å²) in [7, 11) is 1.60. The fourth-order valence-corrected chi connectivity index (χ4v) is 2.10. The number of nitrogens with two attached hydrogens (primary N) is 1. The Balaban J connectivity index is 2.19. The number of aromatic nitrogens is 1. The lowest BCUT2D eigenvalue weighted by atomic mass is 10.1. The molecule has 0 aliphatic heterocycles. The van der Waals surface area contributed by atoms with Gasteiger partial charge in [-0.15, -0.1) is 0 Å².